The van der Waals surface area contributed by atoms with Gasteiger partial charge in [0.05, 0.1) is 33.7 Å². The van der Waals surface area contributed by atoms with Crippen LogP contribution in [0.5, 0.6) is 5.75 Å². The molecular weight excluding hydrogens is 513 g/mol. The third-order valence-electron chi connectivity index (χ3n) is 5.87. The number of carbonyl (C=O) groups is 1. The Labute approximate surface area is 212 Å². The summed E-state index contributed by atoms with van der Waals surface area (Å²) in [6.07, 6.45) is 1.31. The second-order valence-corrected chi connectivity index (χ2v) is 11.1. The van der Waals surface area contributed by atoms with Crippen LogP contribution in [0.1, 0.15) is 34.7 Å². The van der Waals surface area contributed by atoms with Gasteiger partial charge in [0.25, 0.3) is 15.9 Å². The van der Waals surface area contributed by atoms with Crippen LogP contribution in [0.3, 0.4) is 0 Å². The van der Waals surface area contributed by atoms with Crippen LogP contribution >= 0.6 is 23.2 Å². The smallest absolute Gasteiger partial charge is 0.265 e. The van der Waals surface area contributed by atoms with Gasteiger partial charge in [-0.05, 0) is 60.7 Å². The van der Waals surface area contributed by atoms with E-state index >= 15 is 0 Å². The Bertz CT molecular complexity index is 1390. The number of hydrogen-bond donors (Lipinski definition) is 2. The van der Waals surface area contributed by atoms with Gasteiger partial charge in [-0.25, -0.2) is 17.7 Å². The van der Waals surface area contributed by atoms with Crippen LogP contribution in [0.2, 0.25) is 10.0 Å². The zero-order valence-electron chi connectivity index (χ0n) is 18.3. The molecule has 0 saturated heterocycles. The molecule has 3 aromatic rings. The highest BCUT2D eigenvalue weighted by molar-refractivity contribution is 7.92. The maximum Gasteiger partial charge on any atom is 0.265 e. The number of aromatic nitrogens is 1. The fraction of sp³-hybridized carbons (Fsp3) is 0.250. The molecule has 2 aromatic carbocycles. The molecule has 0 spiro atoms. The second-order valence-electron chi connectivity index (χ2n) is 8.37. The van der Waals surface area contributed by atoms with Crippen molar-refractivity contribution in [1.29, 1.82) is 0 Å². The van der Waals surface area contributed by atoms with E-state index in [1.54, 1.807) is 18.2 Å². The second kappa shape index (κ2) is 9.31. The lowest BCUT2D eigenvalue weighted by molar-refractivity contribution is 0.102. The highest BCUT2D eigenvalue weighted by Crippen LogP contribution is 2.42. The van der Waals surface area contributed by atoms with Gasteiger partial charge >= 0.3 is 0 Å². The van der Waals surface area contributed by atoms with Gasteiger partial charge in [-0.15, -0.1) is 0 Å². The number of halogens is 2. The van der Waals surface area contributed by atoms with E-state index in [0.29, 0.717) is 5.92 Å². The Morgan fingerprint density at radius 1 is 1.11 bits per heavy atom. The molecule has 0 bridgehead atoms. The number of aliphatic hydroxyl groups excluding tert-OH is 1. The number of nitrogens with one attached hydrogen (secondary N) is 1. The van der Waals surface area contributed by atoms with Crippen molar-refractivity contribution in [3.8, 4) is 5.75 Å². The van der Waals surface area contributed by atoms with Crippen LogP contribution in [0.15, 0.2) is 59.5 Å². The summed E-state index contributed by atoms with van der Waals surface area (Å²) < 4.78 is 34.2. The molecule has 1 amide bonds. The summed E-state index contributed by atoms with van der Waals surface area (Å²) in [6, 6.07) is 14.5. The molecule has 2 N–H and O–H groups in total. The summed E-state index contributed by atoms with van der Waals surface area (Å²) in [4.78, 5) is 17.3. The minimum atomic E-state index is -4.03. The standard InChI is InChI=1S/C24H21Cl2N3O5S/c25-18-5-2-6-19(26)22(18)24(31)28-21-10-9-20-23(27-21)29(12-16(13-30)34-20)35(32,33)17-4-1-3-15(11-17)14-7-8-14/h1-6,9-11,14,16,30H,7-8,12-13H2,(H,27,28,31)/t16-/m1/s1. The topological polar surface area (TPSA) is 109 Å². The number of benzene rings is 2. The predicted molar refractivity (Wildman–Crippen MR) is 133 cm³/mol. The van der Waals surface area contributed by atoms with E-state index in [9.17, 15) is 18.3 Å². The van der Waals surface area contributed by atoms with Crippen molar-refractivity contribution in [2.75, 3.05) is 22.8 Å². The van der Waals surface area contributed by atoms with Gasteiger partial charge in [0.2, 0.25) is 0 Å². The number of nitrogens with zero attached hydrogens (tertiary/aromatic N) is 2. The molecule has 1 aliphatic carbocycles. The lowest BCUT2D eigenvalue weighted by atomic mass is 10.1. The molecule has 1 saturated carbocycles. The van der Waals surface area contributed by atoms with Crippen LogP contribution in [0, 0.1) is 0 Å². The van der Waals surface area contributed by atoms with E-state index in [-0.39, 0.29) is 51.0 Å². The number of hydrogen-bond acceptors (Lipinski definition) is 6. The number of pyridine rings is 1. The summed E-state index contributed by atoms with van der Waals surface area (Å²) in [5, 5.41) is 12.6. The van der Waals surface area contributed by atoms with E-state index in [0.717, 1.165) is 22.7 Å². The molecule has 1 atom stereocenters. The van der Waals surface area contributed by atoms with Crippen LogP contribution in [0.4, 0.5) is 11.6 Å². The minimum absolute atomic E-state index is 0.00887. The van der Waals surface area contributed by atoms with E-state index in [2.05, 4.69) is 10.3 Å². The lowest BCUT2D eigenvalue weighted by Gasteiger charge is -2.34. The van der Waals surface area contributed by atoms with E-state index in [4.69, 9.17) is 27.9 Å². The minimum Gasteiger partial charge on any atom is -0.482 e. The van der Waals surface area contributed by atoms with Gasteiger partial charge < -0.3 is 15.2 Å². The first kappa shape index (κ1) is 23.9. The summed E-state index contributed by atoms with van der Waals surface area (Å²) in [5.74, 6) is 0.0525. The predicted octanol–water partition coefficient (Wildman–Crippen LogP) is 4.47. The number of ether oxygens (including phenoxy) is 1. The third kappa shape index (κ3) is 4.69. The molecule has 1 aliphatic heterocycles. The van der Waals surface area contributed by atoms with Gasteiger partial charge in [-0.3, -0.25) is 4.79 Å². The van der Waals surface area contributed by atoms with Crippen molar-refractivity contribution in [3.63, 3.8) is 0 Å². The van der Waals surface area contributed by atoms with Crippen LogP contribution < -0.4 is 14.4 Å². The average Bonchev–Trinajstić information content (AvgIpc) is 3.69. The molecule has 11 heteroatoms. The molecule has 2 aliphatic rings. The van der Waals surface area contributed by atoms with E-state index in [1.807, 2.05) is 6.07 Å². The van der Waals surface area contributed by atoms with Crippen LogP contribution in [0.25, 0.3) is 0 Å². The normalized spacial score (nSPS) is 17.5. The summed E-state index contributed by atoms with van der Waals surface area (Å²) >= 11 is 12.3. The fourth-order valence-corrected chi connectivity index (χ4v) is 6.02. The molecule has 5 rings (SSSR count). The molecule has 8 nitrogen and oxygen atoms in total. The summed E-state index contributed by atoms with van der Waals surface area (Å²) in [5.41, 5.74) is 1.05. The Morgan fingerprint density at radius 2 is 1.83 bits per heavy atom. The SMILES string of the molecule is O=C(Nc1ccc2c(n1)N(S(=O)(=O)c1cccc(C3CC3)c1)C[C@H](CO)O2)c1c(Cl)cccc1Cl. The molecule has 0 unspecified atom stereocenters. The number of rotatable bonds is 6. The first-order chi connectivity index (χ1) is 16.8. The quantitative estimate of drug-likeness (QED) is 0.483. The van der Waals surface area contributed by atoms with Crippen molar-refractivity contribution >= 4 is 50.8 Å². The maximum atomic E-state index is 13.7. The number of anilines is 2. The Morgan fingerprint density at radius 3 is 2.51 bits per heavy atom. The van der Waals surface area contributed by atoms with Crippen molar-refractivity contribution < 1.29 is 23.1 Å². The van der Waals surface area contributed by atoms with E-state index < -0.39 is 22.0 Å². The monoisotopic (exact) mass is 533 g/mol. The van der Waals surface area contributed by atoms with Gasteiger partial charge in [-0.1, -0.05) is 41.4 Å². The van der Waals surface area contributed by atoms with Gasteiger partial charge in [0, 0.05) is 0 Å². The third-order valence-corrected chi connectivity index (χ3v) is 8.25. The Hall–Kier alpha value is -2.85. The molecule has 1 fully saturated rings. The number of fused-ring (bicyclic) bond motifs is 1. The van der Waals surface area contributed by atoms with Gasteiger partial charge in [0.15, 0.2) is 11.6 Å². The van der Waals surface area contributed by atoms with Crippen molar-refractivity contribution in [2.24, 2.45) is 0 Å². The number of aliphatic hydroxyl groups is 1. The highest BCUT2D eigenvalue weighted by Gasteiger charge is 2.36. The zero-order valence-corrected chi connectivity index (χ0v) is 20.6. The van der Waals surface area contributed by atoms with Crippen LogP contribution in [-0.4, -0.2) is 43.7 Å². The highest BCUT2D eigenvalue weighted by atomic mass is 35.5. The van der Waals surface area contributed by atoms with Crippen molar-refractivity contribution in [2.45, 2.75) is 29.8 Å². The molecule has 0 radical (unpaired) electrons. The maximum absolute atomic E-state index is 13.7. The largest absolute Gasteiger partial charge is 0.482 e. The molecule has 35 heavy (non-hydrogen) atoms. The number of amides is 1. The fourth-order valence-electron chi connectivity index (χ4n) is 3.94. The molecular formula is C24H21Cl2N3O5S. The number of carbonyl (C=O) groups excluding carboxylic acids is 1. The van der Waals surface area contributed by atoms with Crippen molar-refractivity contribution in [3.05, 3.63) is 75.8 Å². The molecule has 182 valence electrons. The average molecular weight is 534 g/mol. The summed E-state index contributed by atoms with van der Waals surface area (Å²) in [7, 11) is -4.03. The first-order valence-electron chi connectivity index (χ1n) is 10.9. The molecule has 1 aromatic heterocycles. The summed E-state index contributed by atoms with van der Waals surface area (Å²) in [6.45, 7) is -0.517. The Balaban J connectivity index is 1.51. The zero-order chi connectivity index (χ0) is 24.7. The lowest BCUT2D eigenvalue weighted by Crippen LogP contribution is -2.45. The van der Waals surface area contributed by atoms with Gasteiger partial charge in [0.1, 0.15) is 11.9 Å². The Kier molecular flexibility index (Phi) is 6.35. The number of sulfonamides is 1. The first-order valence-corrected chi connectivity index (χ1v) is 13.1. The molecule has 2 heterocycles. The van der Waals surface area contributed by atoms with Gasteiger partial charge in [-0.2, -0.15) is 0 Å². The van der Waals surface area contributed by atoms with Crippen LogP contribution in [-0.2, 0) is 10.0 Å². The van der Waals surface area contributed by atoms with E-state index in [1.165, 1.54) is 30.3 Å². The van der Waals surface area contributed by atoms with Crippen molar-refractivity contribution in [1.82, 2.24) is 4.98 Å².